The first kappa shape index (κ1) is 22.0. The lowest BCUT2D eigenvalue weighted by atomic mass is 10.1. The second-order valence-electron chi connectivity index (χ2n) is 7.47. The van der Waals surface area contributed by atoms with Crippen molar-refractivity contribution in [2.24, 2.45) is 0 Å². The lowest BCUT2D eigenvalue weighted by Gasteiger charge is -2.13. The fraction of sp³-hybridized carbons (Fsp3) is 0.227. The van der Waals surface area contributed by atoms with Crippen molar-refractivity contribution in [3.63, 3.8) is 0 Å². The average Bonchev–Trinajstić information content (AvgIpc) is 3.00. The van der Waals surface area contributed by atoms with Gasteiger partial charge in [-0.25, -0.2) is 8.42 Å². The number of anilines is 2. The molecule has 0 atom stereocenters. The Morgan fingerprint density at radius 1 is 1.16 bits per heavy atom. The molecule has 1 aromatic heterocycles. The summed E-state index contributed by atoms with van der Waals surface area (Å²) in [5, 5.41) is 7.01. The number of carbonyl (C=O) groups excluding carboxylic acids is 2. The maximum Gasteiger partial charge on any atom is 0.263 e. The Bertz CT molecular complexity index is 1350. The molecule has 0 saturated heterocycles. The van der Waals surface area contributed by atoms with Gasteiger partial charge in [-0.2, -0.15) is 9.78 Å². The van der Waals surface area contributed by atoms with E-state index in [2.05, 4.69) is 15.1 Å². The van der Waals surface area contributed by atoms with Gasteiger partial charge < -0.3 is 5.32 Å². The van der Waals surface area contributed by atoms with Crippen molar-refractivity contribution < 1.29 is 18.0 Å². The number of hydrogen-bond acceptors (Lipinski definition) is 5. The number of amides is 1. The smallest absolute Gasteiger partial charge is 0.263 e. The molecule has 0 bridgehead atoms. The first-order valence-electron chi connectivity index (χ1n) is 10.0. The minimum Gasteiger partial charge on any atom is -0.310 e. The van der Waals surface area contributed by atoms with E-state index in [9.17, 15) is 18.0 Å². The number of carbonyl (C=O) groups is 2. The summed E-state index contributed by atoms with van der Waals surface area (Å²) in [5.74, 6) is -0.395. The lowest BCUT2D eigenvalue weighted by molar-refractivity contribution is -0.116. The van der Waals surface area contributed by atoms with Crippen LogP contribution in [0.4, 0.5) is 11.5 Å². The maximum absolute atomic E-state index is 13.1. The number of benzene rings is 2. The highest BCUT2D eigenvalue weighted by Gasteiger charge is 2.27. The number of halogens is 1. The molecule has 0 spiro atoms. The van der Waals surface area contributed by atoms with Gasteiger partial charge in [-0.3, -0.25) is 14.3 Å². The van der Waals surface area contributed by atoms with Crippen molar-refractivity contribution in [1.29, 1.82) is 0 Å². The number of aromatic nitrogens is 2. The molecule has 1 aliphatic rings. The minimum atomic E-state index is -4.01. The molecule has 1 amide bonds. The molecular weight excluding hydrogens is 452 g/mol. The normalized spacial score (nSPS) is 14.0. The zero-order valence-corrected chi connectivity index (χ0v) is 19.0. The highest BCUT2D eigenvalue weighted by molar-refractivity contribution is 7.92. The Morgan fingerprint density at radius 2 is 1.94 bits per heavy atom. The molecule has 2 N–H and O–H groups in total. The number of nitrogens with zero attached hydrogens (tertiary/aromatic N) is 2. The van der Waals surface area contributed by atoms with Gasteiger partial charge in [-0.05, 0) is 48.7 Å². The monoisotopic (exact) mass is 472 g/mol. The summed E-state index contributed by atoms with van der Waals surface area (Å²) < 4.78 is 30.0. The second-order valence-corrected chi connectivity index (χ2v) is 9.53. The van der Waals surface area contributed by atoms with Crippen molar-refractivity contribution >= 4 is 44.9 Å². The Balaban J connectivity index is 1.79. The van der Waals surface area contributed by atoms with Crippen LogP contribution in [0.2, 0.25) is 5.02 Å². The van der Waals surface area contributed by atoms with E-state index in [1.165, 1.54) is 12.1 Å². The van der Waals surface area contributed by atoms with E-state index in [1.54, 1.807) is 31.2 Å². The van der Waals surface area contributed by atoms with Crippen molar-refractivity contribution in [1.82, 2.24) is 9.78 Å². The van der Waals surface area contributed by atoms with Crippen molar-refractivity contribution in [3.05, 3.63) is 58.7 Å². The van der Waals surface area contributed by atoms with Crippen LogP contribution >= 0.6 is 11.6 Å². The van der Waals surface area contributed by atoms with Gasteiger partial charge >= 0.3 is 0 Å². The van der Waals surface area contributed by atoms with Gasteiger partial charge in [0.2, 0.25) is 11.8 Å². The van der Waals surface area contributed by atoms with Crippen LogP contribution < -0.4 is 10.0 Å². The molecule has 3 aromatic rings. The van der Waals surface area contributed by atoms with E-state index in [1.807, 2.05) is 13.0 Å². The molecule has 0 unspecified atom stereocenters. The molecule has 0 aliphatic carbocycles. The van der Waals surface area contributed by atoms with Gasteiger partial charge in [0, 0.05) is 24.1 Å². The number of aryl methyl sites for hydroxylation is 2. The predicted octanol–water partition coefficient (Wildman–Crippen LogP) is 4.25. The number of nitrogens with one attached hydrogen (secondary N) is 2. The molecule has 0 saturated carbocycles. The first-order chi connectivity index (χ1) is 15.2. The van der Waals surface area contributed by atoms with Gasteiger partial charge in [0.1, 0.15) is 10.7 Å². The molecule has 32 heavy (non-hydrogen) atoms. The van der Waals surface area contributed by atoms with E-state index in [-0.39, 0.29) is 40.4 Å². The molecule has 0 fully saturated rings. The van der Waals surface area contributed by atoms with Gasteiger partial charge in [0.25, 0.3) is 10.0 Å². The van der Waals surface area contributed by atoms with Gasteiger partial charge in [-0.1, -0.05) is 36.7 Å². The minimum absolute atomic E-state index is 0.0420. The summed E-state index contributed by atoms with van der Waals surface area (Å²) in [5.41, 5.74) is 2.83. The first-order valence-corrected chi connectivity index (χ1v) is 11.9. The zero-order chi connectivity index (χ0) is 23.0. The molecule has 0 radical (unpaired) electrons. The molecule has 8 nitrogen and oxygen atoms in total. The van der Waals surface area contributed by atoms with Crippen LogP contribution in [0.25, 0.3) is 11.1 Å². The molecule has 2 heterocycles. The zero-order valence-electron chi connectivity index (χ0n) is 17.5. The molecule has 1 aliphatic heterocycles. The standard InChI is InChI=1S/C22H21ClN4O4S/c1-3-14-5-4-6-16(11-14)26-32(30,31)18-12-15(7-8-17(18)23)21-13(2)25-27-20(29)10-9-19(28)24-22(21)27/h4-8,11-12,26H,3,9-10H2,1-2H3,(H,24,28). The van der Waals surface area contributed by atoms with E-state index < -0.39 is 10.0 Å². The highest BCUT2D eigenvalue weighted by Crippen LogP contribution is 2.36. The van der Waals surface area contributed by atoms with Crippen LogP contribution in [0.1, 0.15) is 35.8 Å². The van der Waals surface area contributed by atoms with Crippen LogP contribution in [0, 0.1) is 6.92 Å². The van der Waals surface area contributed by atoms with Crippen LogP contribution in [0.5, 0.6) is 0 Å². The van der Waals surface area contributed by atoms with Gasteiger partial charge in [-0.15, -0.1) is 0 Å². The molecule has 2 aromatic carbocycles. The Morgan fingerprint density at radius 3 is 2.69 bits per heavy atom. The number of hydrogen-bond donors (Lipinski definition) is 2. The van der Waals surface area contributed by atoms with E-state index in [0.717, 1.165) is 16.7 Å². The Hall–Kier alpha value is -3.17. The third kappa shape index (κ3) is 4.13. The topological polar surface area (TPSA) is 110 Å². The van der Waals surface area contributed by atoms with Crippen LogP contribution in [0.3, 0.4) is 0 Å². The lowest BCUT2D eigenvalue weighted by Crippen LogP contribution is -2.14. The Labute approximate surface area is 190 Å². The van der Waals surface area contributed by atoms with Gasteiger partial charge in [0.05, 0.1) is 10.7 Å². The number of rotatable bonds is 5. The van der Waals surface area contributed by atoms with Crippen molar-refractivity contribution in [3.8, 4) is 11.1 Å². The highest BCUT2D eigenvalue weighted by atomic mass is 35.5. The van der Waals surface area contributed by atoms with E-state index >= 15 is 0 Å². The summed E-state index contributed by atoms with van der Waals surface area (Å²) in [6.45, 7) is 3.67. The summed E-state index contributed by atoms with van der Waals surface area (Å²) in [4.78, 5) is 24.3. The summed E-state index contributed by atoms with van der Waals surface area (Å²) in [6.07, 6.45) is 0.865. The molecule has 10 heteroatoms. The maximum atomic E-state index is 13.1. The van der Waals surface area contributed by atoms with Crippen molar-refractivity contribution in [2.45, 2.75) is 38.0 Å². The third-order valence-corrected chi connectivity index (χ3v) is 7.08. The van der Waals surface area contributed by atoms with Crippen molar-refractivity contribution in [2.75, 3.05) is 10.0 Å². The fourth-order valence-electron chi connectivity index (χ4n) is 3.62. The molecular formula is C22H21ClN4O4S. The average molecular weight is 473 g/mol. The quantitative estimate of drug-likeness (QED) is 0.576. The van der Waals surface area contributed by atoms with E-state index in [4.69, 9.17) is 11.6 Å². The number of sulfonamides is 1. The predicted molar refractivity (Wildman–Crippen MR) is 123 cm³/mol. The van der Waals surface area contributed by atoms with Gasteiger partial charge in [0.15, 0.2) is 0 Å². The SMILES string of the molecule is CCc1cccc(NS(=O)(=O)c2cc(-c3c(C)nn4c3NC(=O)CCC4=O)ccc2Cl)c1. The van der Waals surface area contributed by atoms with Crippen LogP contribution in [-0.4, -0.2) is 30.0 Å². The number of fused-ring (bicyclic) bond motifs is 1. The molecule has 166 valence electrons. The fourth-order valence-corrected chi connectivity index (χ4v) is 5.20. The third-order valence-electron chi connectivity index (χ3n) is 5.22. The second kappa shape index (κ2) is 8.40. The Kier molecular flexibility index (Phi) is 5.79. The summed E-state index contributed by atoms with van der Waals surface area (Å²) in [6, 6.07) is 11.6. The van der Waals surface area contributed by atoms with E-state index in [0.29, 0.717) is 22.5 Å². The van der Waals surface area contributed by atoms with Crippen LogP contribution in [0.15, 0.2) is 47.4 Å². The molecule has 4 rings (SSSR count). The van der Waals surface area contributed by atoms with Crippen LogP contribution in [-0.2, 0) is 21.2 Å². The summed E-state index contributed by atoms with van der Waals surface area (Å²) in [7, 11) is -4.01. The summed E-state index contributed by atoms with van der Waals surface area (Å²) >= 11 is 6.26. The largest absolute Gasteiger partial charge is 0.310 e.